The van der Waals surface area contributed by atoms with E-state index in [4.69, 9.17) is 5.73 Å². The van der Waals surface area contributed by atoms with Crippen LogP contribution in [0.3, 0.4) is 0 Å². The molecule has 2 aromatic rings. The number of aryl methyl sites for hydroxylation is 1. The summed E-state index contributed by atoms with van der Waals surface area (Å²) in [6, 6.07) is 10.6. The van der Waals surface area contributed by atoms with E-state index >= 15 is 0 Å². The normalized spacial score (nSPS) is 11.9. The number of nitrogens with two attached hydrogens (primary N) is 1. The summed E-state index contributed by atoms with van der Waals surface area (Å²) in [5, 5.41) is 21.3. The molecule has 1 amide bonds. The van der Waals surface area contributed by atoms with E-state index in [1.807, 2.05) is 0 Å². The predicted molar refractivity (Wildman–Crippen MR) is 81.3 cm³/mol. The molecule has 0 fully saturated rings. The van der Waals surface area contributed by atoms with Crippen LogP contribution in [0.4, 0.5) is 5.69 Å². The van der Waals surface area contributed by atoms with Crippen LogP contribution in [-0.2, 0) is 11.2 Å². The molecule has 2 aromatic carbocycles. The highest BCUT2D eigenvalue weighted by molar-refractivity contribution is 5.95. The highest BCUT2D eigenvalue weighted by Gasteiger charge is 2.15. The van der Waals surface area contributed by atoms with Crippen molar-refractivity contribution in [2.24, 2.45) is 5.73 Å². The van der Waals surface area contributed by atoms with E-state index < -0.39 is 6.04 Å². The van der Waals surface area contributed by atoms with E-state index in [0.717, 1.165) is 11.1 Å². The molecule has 0 saturated carbocycles. The van der Waals surface area contributed by atoms with Crippen molar-refractivity contribution in [3.8, 4) is 11.5 Å². The standard InChI is InChI=1S/C16H18N2O3/c1-10-8-13(20)6-7-15(10)18-16(21)14(17)9-11-2-4-12(19)5-3-11/h2-8,14,19-20H,9,17H2,1H3,(H,18,21). The first-order valence-corrected chi connectivity index (χ1v) is 6.59. The van der Waals surface area contributed by atoms with Crippen molar-refractivity contribution in [1.82, 2.24) is 0 Å². The summed E-state index contributed by atoms with van der Waals surface area (Å²) in [5.74, 6) is 0.0345. The first-order chi connectivity index (χ1) is 9.95. The van der Waals surface area contributed by atoms with Gasteiger partial charge >= 0.3 is 0 Å². The Balaban J connectivity index is 2.00. The van der Waals surface area contributed by atoms with Crippen molar-refractivity contribution in [3.05, 3.63) is 53.6 Å². The maximum Gasteiger partial charge on any atom is 0.241 e. The fourth-order valence-corrected chi connectivity index (χ4v) is 1.99. The van der Waals surface area contributed by atoms with Crippen LogP contribution in [0.5, 0.6) is 11.5 Å². The van der Waals surface area contributed by atoms with E-state index in [9.17, 15) is 15.0 Å². The van der Waals surface area contributed by atoms with E-state index in [-0.39, 0.29) is 17.4 Å². The molecule has 0 aliphatic carbocycles. The molecule has 1 atom stereocenters. The van der Waals surface area contributed by atoms with Crippen molar-refractivity contribution in [2.75, 3.05) is 5.32 Å². The summed E-state index contributed by atoms with van der Waals surface area (Å²) in [6.07, 6.45) is 0.378. The molecular formula is C16H18N2O3. The quantitative estimate of drug-likeness (QED) is 0.646. The van der Waals surface area contributed by atoms with Crippen LogP contribution in [-0.4, -0.2) is 22.2 Å². The van der Waals surface area contributed by atoms with Crippen molar-refractivity contribution >= 4 is 11.6 Å². The molecule has 0 spiro atoms. The smallest absolute Gasteiger partial charge is 0.241 e. The molecule has 21 heavy (non-hydrogen) atoms. The Labute approximate surface area is 123 Å². The summed E-state index contributed by atoms with van der Waals surface area (Å²) >= 11 is 0. The molecule has 5 N–H and O–H groups in total. The Morgan fingerprint density at radius 1 is 1.14 bits per heavy atom. The van der Waals surface area contributed by atoms with Crippen LogP contribution in [0.25, 0.3) is 0 Å². The fourth-order valence-electron chi connectivity index (χ4n) is 1.99. The third kappa shape index (κ3) is 3.97. The third-order valence-corrected chi connectivity index (χ3v) is 3.20. The second-order valence-electron chi connectivity index (χ2n) is 4.97. The van der Waals surface area contributed by atoms with Gasteiger partial charge in [-0.15, -0.1) is 0 Å². The predicted octanol–water partition coefficient (Wildman–Crippen LogP) is 1.91. The molecular weight excluding hydrogens is 268 g/mol. The van der Waals surface area contributed by atoms with Gasteiger partial charge in [0.25, 0.3) is 0 Å². The van der Waals surface area contributed by atoms with Gasteiger partial charge in [0.1, 0.15) is 11.5 Å². The zero-order chi connectivity index (χ0) is 15.4. The number of rotatable bonds is 4. The van der Waals surface area contributed by atoms with Gasteiger partial charge in [0.05, 0.1) is 6.04 Å². The van der Waals surface area contributed by atoms with Gasteiger partial charge in [0.2, 0.25) is 5.91 Å². The number of aromatic hydroxyl groups is 2. The van der Waals surface area contributed by atoms with E-state index in [0.29, 0.717) is 12.1 Å². The second-order valence-corrected chi connectivity index (χ2v) is 4.97. The van der Waals surface area contributed by atoms with E-state index in [1.165, 1.54) is 6.07 Å². The Morgan fingerprint density at radius 3 is 2.38 bits per heavy atom. The number of nitrogens with one attached hydrogen (secondary N) is 1. The lowest BCUT2D eigenvalue weighted by atomic mass is 10.1. The number of carbonyl (C=O) groups is 1. The number of hydrogen-bond acceptors (Lipinski definition) is 4. The lowest BCUT2D eigenvalue weighted by molar-refractivity contribution is -0.117. The van der Waals surface area contributed by atoms with Gasteiger partial charge in [0.15, 0.2) is 0 Å². The minimum atomic E-state index is -0.692. The molecule has 5 nitrogen and oxygen atoms in total. The van der Waals surface area contributed by atoms with E-state index in [2.05, 4.69) is 5.32 Å². The average Bonchev–Trinajstić information content (AvgIpc) is 2.44. The number of phenols is 2. The molecule has 0 bridgehead atoms. The SMILES string of the molecule is Cc1cc(O)ccc1NC(=O)C(N)Cc1ccc(O)cc1. The lowest BCUT2D eigenvalue weighted by Crippen LogP contribution is -2.37. The van der Waals surface area contributed by atoms with Gasteiger partial charge in [-0.3, -0.25) is 4.79 Å². The fraction of sp³-hybridized carbons (Fsp3) is 0.188. The monoisotopic (exact) mass is 286 g/mol. The maximum absolute atomic E-state index is 12.1. The average molecular weight is 286 g/mol. The van der Waals surface area contributed by atoms with Gasteiger partial charge in [-0.2, -0.15) is 0 Å². The summed E-state index contributed by atoms with van der Waals surface area (Å²) < 4.78 is 0. The maximum atomic E-state index is 12.1. The largest absolute Gasteiger partial charge is 0.508 e. The summed E-state index contributed by atoms with van der Waals surface area (Å²) in [5.41, 5.74) is 8.15. The molecule has 0 aromatic heterocycles. The van der Waals surface area contributed by atoms with Gasteiger partial charge < -0.3 is 21.3 Å². The number of phenolic OH excluding ortho intramolecular Hbond substituents is 2. The summed E-state index contributed by atoms with van der Waals surface area (Å²) in [4.78, 5) is 12.1. The third-order valence-electron chi connectivity index (χ3n) is 3.20. The highest BCUT2D eigenvalue weighted by atomic mass is 16.3. The van der Waals surface area contributed by atoms with Gasteiger partial charge in [-0.1, -0.05) is 12.1 Å². The number of hydrogen-bond donors (Lipinski definition) is 4. The zero-order valence-electron chi connectivity index (χ0n) is 11.7. The topological polar surface area (TPSA) is 95.6 Å². The Kier molecular flexibility index (Phi) is 4.45. The lowest BCUT2D eigenvalue weighted by Gasteiger charge is -2.14. The van der Waals surface area contributed by atoms with Crippen molar-refractivity contribution in [1.29, 1.82) is 0 Å². The van der Waals surface area contributed by atoms with Crippen LogP contribution in [0.2, 0.25) is 0 Å². The first kappa shape index (κ1) is 14.9. The van der Waals surface area contributed by atoms with Gasteiger partial charge in [-0.05, 0) is 54.8 Å². The molecule has 0 heterocycles. The van der Waals surface area contributed by atoms with Crippen molar-refractivity contribution < 1.29 is 15.0 Å². The number of benzene rings is 2. The second kappa shape index (κ2) is 6.28. The summed E-state index contributed by atoms with van der Waals surface area (Å²) in [6.45, 7) is 1.79. The van der Waals surface area contributed by atoms with Crippen molar-refractivity contribution in [3.63, 3.8) is 0 Å². The Morgan fingerprint density at radius 2 is 1.76 bits per heavy atom. The minimum absolute atomic E-state index is 0.152. The molecule has 0 aliphatic heterocycles. The Bertz CT molecular complexity index is 638. The number of anilines is 1. The molecule has 0 radical (unpaired) electrons. The molecule has 2 rings (SSSR count). The Hall–Kier alpha value is -2.53. The molecule has 1 unspecified atom stereocenters. The van der Waals surface area contributed by atoms with Crippen LogP contribution >= 0.6 is 0 Å². The van der Waals surface area contributed by atoms with Crippen LogP contribution in [0.1, 0.15) is 11.1 Å². The van der Waals surface area contributed by atoms with Crippen molar-refractivity contribution in [2.45, 2.75) is 19.4 Å². The molecule has 110 valence electrons. The number of carbonyl (C=O) groups excluding carboxylic acids is 1. The van der Waals surface area contributed by atoms with Crippen LogP contribution in [0, 0.1) is 6.92 Å². The summed E-state index contributed by atoms with van der Waals surface area (Å²) in [7, 11) is 0. The van der Waals surface area contributed by atoms with Crippen LogP contribution in [0.15, 0.2) is 42.5 Å². The zero-order valence-corrected chi connectivity index (χ0v) is 11.7. The van der Waals surface area contributed by atoms with E-state index in [1.54, 1.807) is 43.3 Å². The molecule has 0 saturated heterocycles. The first-order valence-electron chi connectivity index (χ1n) is 6.59. The molecule has 0 aliphatic rings. The highest BCUT2D eigenvalue weighted by Crippen LogP contribution is 2.20. The van der Waals surface area contributed by atoms with Gasteiger partial charge in [0, 0.05) is 5.69 Å². The van der Waals surface area contributed by atoms with Crippen LogP contribution < -0.4 is 11.1 Å². The van der Waals surface area contributed by atoms with Gasteiger partial charge in [-0.25, -0.2) is 0 Å². The molecule has 5 heteroatoms. The number of amides is 1. The minimum Gasteiger partial charge on any atom is -0.508 e.